The summed E-state index contributed by atoms with van der Waals surface area (Å²) in [7, 11) is 1.57. The Morgan fingerprint density at radius 2 is 2.16 bits per heavy atom. The van der Waals surface area contributed by atoms with Crippen molar-refractivity contribution < 1.29 is 19.4 Å². The van der Waals surface area contributed by atoms with Crippen molar-refractivity contribution in [2.45, 2.75) is 13.0 Å². The number of benzene rings is 1. The van der Waals surface area contributed by atoms with Crippen molar-refractivity contribution in [3.8, 4) is 5.75 Å². The summed E-state index contributed by atoms with van der Waals surface area (Å²) in [5.74, 6) is -0.769. The Labute approximate surface area is 110 Å². The molecule has 0 amide bonds. The summed E-state index contributed by atoms with van der Waals surface area (Å²) < 4.78 is 10.6. The minimum Gasteiger partial charge on any atom is -0.486 e. The van der Waals surface area contributed by atoms with Crippen LogP contribution < -0.4 is 4.74 Å². The summed E-state index contributed by atoms with van der Waals surface area (Å²) in [5.41, 5.74) is 0.764. The largest absolute Gasteiger partial charge is 0.486 e. The standard InChI is InChI=1S/C14H15NO4/c1-9(8-18-2)19-12-7-15-11-6-4-3-5-10(11)13(12)14(16)17/h3-7,9H,8H2,1-2H3,(H,16,17). The fourth-order valence-corrected chi connectivity index (χ4v) is 1.92. The number of hydrogen-bond acceptors (Lipinski definition) is 4. The maximum Gasteiger partial charge on any atom is 0.340 e. The molecule has 0 aliphatic carbocycles. The van der Waals surface area contributed by atoms with Crippen LogP contribution >= 0.6 is 0 Å². The Bertz CT molecular complexity index is 597. The number of pyridine rings is 1. The van der Waals surface area contributed by atoms with Crippen molar-refractivity contribution in [2.75, 3.05) is 13.7 Å². The zero-order valence-corrected chi connectivity index (χ0v) is 10.8. The van der Waals surface area contributed by atoms with Crippen LogP contribution in [-0.4, -0.2) is 35.9 Å². The molecule has 0 aliphatic rings. The highest BCUT2D eigenvalue weighted by Gasteiger charge is 2.18. The first-order chi connectivity index (χ1) is 9.13. The number of nitrogens with zero attached hydrogens (tertiary/aromatic N) is 1. The quantitative estimate of drug-likeness (QED) is 0.894. The molecule has 0 radical (unpaired) electrons. The normalized spacial score (nSPS) is 12.3. The van der Waals surface area contributed by atoms with E-state index in [-0.39, 0.29) is 17.4 Å². The molecule has 1 unspecified atom stereocenters. The molecule has 1 aromatic carbocycles. The molecule has 0 aliphatic heterocycles. The summed E-state index contributed by atoms with van der Waals surface area (Å²) in [6.45, 7) is 2.19. The maximum absolute atomic E-state index is 11.4. The van der Waals surface area contributed by atoms with E-state index in [1.807, 2.05) is 13.0 Å². The summed E-state index contributed by atoms with van der Waals surface area (Å²) in [5, 5.41) is 9.93. The van der Waals surface area contributed by atoms with E-state index in [4.69, 9.17) is 9.47 Å². The van der Waals surface area contributed by atoms with Gasteiger partial charge >= 0.3 is 5.97 Å². The highest BCUT2D eigenvalue weighted by molar-refractivity contribution is 6.04. The molecule has 0 bridgehead atoms. The van der Waals surface area contributed by atoms with Gasteiger partial charge in [0.1, 0.15) is 11.7 Å². The van der Waals surface area contributed by atoms with Crippen molar-refractivity contribution in [1.29, 1.82) is 0 Å². The topological polar surface area (TPSA) is 68.7 Å². The lowest BCUT2D eigenvalue weighted by Gasteiger charge is -2.16. The molecule has 0 saturated heterocycles. The van der Waals surface area contributed by atoms with Gasteiger partial charge in [0.2, 0.25) is 0 Å². The van der Waals surface area contributed by atoms with E-state index in [1.165, 1.54) is 6.20 Å². The molecule has 0 saturated carbocycles. The molecule has 5 nitrogen and oxygen atoms in total. The Morgan fingerprint density at radius 1 is 1.42 bits per heavy atom. The Hall–Kier alpha value is -2.14. The van der Waals surface area contributed by atoms with Crippen molar-refractivity contribution >= 4 is 16.9 Å². The number of para-hydroxylation sites is 1. The van der Waals surface area contributed by atoms with Gasteiger partial charge in [-0.3, -0.25) is 4.98 Å². The average molecular weight is 261 g/mol. The first kappa shape index (κ1) is 13.3. The van der Waals surface area contributed by atoms with Crippen LogP contribution in [0, 0.1) is 0 Å². The fraction of sp³-hybridized carbons (Fsp3) is 0.286. The Balaban J connectivity index is 2.49. The Kier molecular flexibility index (Phi) is 3.97. The predicted octanol–water partition coefficient (Wildman–Crippen LogP) is 2.35. The zero-order chi connectivity index (χ0) is 13.8. The van der Waals surface area contributed by atoms with Crippen molar-refractivity contribution in [3.63, 3.8) is 0 Å². The number of carboxylic acids is 1. The van der Waals surface area contributed by atoms with Gasteiger partial charge in [-0.2, -0.15) is 0 Å². The molecule has 19 heavy (non-hydrogen) atoms. The number of aromatic carboxylic acids is 1. The van der Waals surface area contributed by atoms with E-state index in [9.17, 15) is 9.90 Å². The number of aromatic nitrogens is 1. The highest BCUT2D eigenvalue weighted by Crippen LogP contribution is 2.26. The number of ether oxygens (including phenoxy) is 2. The SMILES string of the molecule is COCC(C)Oc1cnc2ccccc2c1C(=O)O. The van der Waals surface area contributed by atoms with Crippen LogP contribution in [0.4, 0.5) is 0 Å². The third kappa shape index (κ3) is 2.82. The summed E-state index contributed by atoms with van der Waals surface area (Å²) in [6, 6.07) is 7.08. The van der Waals surface area contributed by atoms with Gasteiger partial charge in [0.05, 0.1) is 18.3 Å². The molecule has 0 fully saturated rings. The molecule has 1 atom stereocenters. The van der Waals surface area contributed by atoms with Gasteiger partial charge in [0.15, 0.2) is 5.75 Å². The van der Waals surface area contributed by atoms with Crippen molar-refractivity contribution in [1.82, 2.24) is 4.98 Å². The first-order valence-electron chi connectivity index (χ1n) is 5.90. The lowest BCUT2D eigenvalue weighted by molar-refractivity contribution is 0.0676. The summed E-state index contributed by atoms with van der Waals surface area (Å²) in [6.07, 6.45) is 1.20. The molecule has 1 aromatic heterocycles. The molecule has 1 heterocycles. The average Bonchev–Trinajstić information content (AvgIpc) is 2.38. The number of carbonyl (C=O) groups is 1. The van der Waals surface area contributed by atoms with Crippen LogP contribution in [0.1, 0.15) is 17.3 Å². The van der Waals surface area contributed by atoms with E-state index in [2.05, 4.69) is 4.98 Å². The third-order valence-corrected chi connectivity index (χ3v) is 2.68. The van der Waals surface area contributed by atoms with Gasteiger partial charge in [-0.1, -0.05) is 18.2 Å². The van der Waals surface area contributed by atoms with Gasteiger partial charge in [-0.05, 0) is 13.0 Å². The number of hydrogen-bond donors (Lipinski definition) is 1. The number of methoxy groups -OCH3 is 1. The molecular formula is C14H15NO4. The Morgan fingerprint density at radius 3 is 2.84 bits per heavy atom. The molecule has 2 aromatic rings. The van der Waals surface area contributed by atoms with Crippen LogP contribution in [0.2, 0.25) is 0 Å². The predicted molar refractivity (Wildman–Crippen MR) is 70.7 cm³/mol. The lowest BCUT2D eigenvalue weighted by Crippen LogP contribution is -2.19. The van der Waals surface area contributed by atoms with Crippen molar-refractivity contribution in [2.24, 2.45) is 0 Å². The monoisotopic (exact) mass is 261 g/mol. The highest BCUT2D eigenvalue weighted by atomic mass is 16.5. The molecule has 0 spiro atoms. The van der Waals surface area contributed by atoms with Gasteiger partial charge in [-0.15, -0.1) is 0 Å². The van der Waals surface area contributed by atoms with E-state index in [0.29, 0.717) is 17.5 Å². The second-order valence-electron chi connectivity index (χ2n) is 4.20. The molecule has 100 valence electrons. The van der Waals surface area contributed by atoms with Crippen LogP contribution in [0.25, 0.3) is 10.9 Å². The van der Waals surface area contributed by atoms with E-state index >= 15 is 0 Å². The van der Waals surface area contributed by atoms with Gasteiger partial charge in [0, 0.05) is 12.5 Å². The molecular weight excluding hydrogens is 246 g/mol. The van der Waals surface area contributed by atoms with Crippen molar-refractivity contribution in [3.05, 3.63) is 36.0 Å². The molecule has 2 rings (SSSR count). The second-order valence-corrected chi connectivity index (χ2v) is 4.20. The maximum atomic E-state index is 11.4. The second kappa shape index (κ2) is 5.67. The van der Waals surface area contributed by atoms with Gasteiger partial charge < -0.3 is 14.6 Å². The minimum absolute atomic E-state index is 0.133. The number of carboxylic acid groups (broad SMARTS) is 1. The number of rotatable bonds is 5. The van der Waals surface area contributed by atoms with Crippen LogP contribution in [0.5, 0.6) is 5.75 Å². The molecule has 1 N–H and O–H groups in total. The van der Waals surface area contributed by atoms with E-state index in [0.717, 1.165) is 0 Å². The van der Waals surface area contributed by atoms with Gasteiger partial charge in [0.25, 0.3) is 0 Å². The smallest absolute Gasteiger partial charge is 0.340 e. The van der Waals surface area contributed by atoms with Crippen LogP contribution in [0.3, 0.4) is 0 Å². The summed E-state index contributed by atoms with van der Waals surface area (Å²) in [4.78, 5) is 15.6. The van der Waals surface area contributed by atoms with E-state index in [1.54, 1.807) is 25.3 Å². The van der Waals surface area contributed by atoms with Crippen LogP contribution in [-0.2, 0) is 4.74 Å². The zero-order valence-electron chi connectivity index (χ0n) is 10.8. The fourth-order valence-electron chi connectivity index (χ4n) is 1.92. The number of fused-ring (bicyclic) bond motifs is 1. The lowest BCUT2D eigenvalue weighted by atomic mass is 10.1. The van der Waals surface area contributed by atoms with Gasteiger partial charge in [-0.25, -0.2) is 4.79 Å². The minimum atomic E-state index is -1.03. The van der Waals surface area contributed by atoms with Crippen LogP contribution in [0.15, 0.2) is 30.5 Å². The molecule has 5 heteroatoms. The summed E-state index contributed by atoms with van der Waals surface area (Å²) >= 11 is 0. The third-order valence-electron chi connectivity index (χ3n) is 2.68. The first-order valence-corrected chi connectivity index (χ1v) is 5.90. The van der Waals surface area contributed by atoms with E-state index < -0.39 is 5.97 Å².